The first-order valence-electron chi connectivity index (χ1n) is 10.2. The summed E-state index contributed by atoms with van der Waals surface area (Å²) in [6.07, 6.45) is 6.28. The molecule has 0 bridgehead atoms. The van der Waals surface area contributed by atoms with Crippen molar-refractivity contribution in [3.05, 3.63) is 59.5 Å². The van der Waals surface area contributed by atoms with Gasteiger partial charge in [-0.1, -0.05) is 11.2 Å². The number of carbonyl (C=O) groups excluding carboxylic acids is 1. The van der Waals surface area contributed by atoms with Crippen LogP contribution in [0.4, 0.5) is 0 Å². The van der Waals surface area contributed by atoms with Gasteiger partial charge in [-0.2, -0.15) is 0 Å². The standard InChI is InChI=1S/C23H23N3O4/c1-15-21(22(30-25-15)18-4-8-24-9-5-18)23(27)26-10-6-16(7-11-26)12-17-2-3-19-20(13-17)29-14-28-19/h2-5,8-9,13,16H,6-7,10-12,14H2,1H3. The lowest BCUT2D eigenvalue weighted by Gasteiger charge is -2.32. The van der Waals surface area contributed by atoms with Gasteiger partial charge in [0.2, 0.25) is 6.79 Å². The van der Waals surface area contributed by atoms with Gasteiger partial charge in [0, 0.05) is 31.0 Å². The Morgan fingerprint density at radius 3 is 2.67 bits per heavy atom. The maximum absolute atomic E-state index is 13.2. The summed E-state index contributed by atoms with van der Waals surface area (Å²) in [7, 11) is 0. The van der Waals surface area contributed by atoms with E-state index in [0.29, 0.717) is 29.7 Å². The van der Waals surface area contributed by atoms with Crippen LogP contribution >= 0.6 is 0 Å². The predicted molar refractivity (Wildman–Crippen MR) is 109 cm³/mol. The molecule has 7 nitrogen and oxygen atoms in total. The number of hydrogen-bond donors (Lipinski definition) is 0. The molecule has 7 heteroatoms. The van der Waals surface area contributed by atoms with E-state index in [-0.39, 0.29) is 5.91 Å². The number of amides is 1. The Balaban J connectivity index is 1.25. The van der Waals surface area contributed by atoms with E-state index in [4.69, 9.17) is 14.0 Å². The largest absolute Gasteiger partial charge is 0.454 e. The molecule has 1 aromatic carbocycles. The summed E-state index contributed by atoms with van der Waals surface area (Å²) >= 11 is 0. The molecule has 0 spiro atoms. The second kappa shape index (κ2) is 7.82. The Morgan fingerprint density at radius 2 is 1.87 bits per heavy atom. The summed E-state index contributed by atoms with van der Waals surface area (Å²) in [6.45, 7) is 3.57. The minimum atomic E-state index is -0.0120. The predicted octanol–water partition coefficient (Wildman–Crippen LogP) is 3.87. The van der Waals surface area contributed by atoms with Gasteiger partial charge in [-0.15, -0.1) is 0 Å². The van der Waals surface area contributed by atoms with E-state index in [2.05, 4.69) is 22.3 Å². The Morgan fingerprint density at radius 1 is 1.10 bits per heavy atom. The summed E-state index contributed by atoms with van der Waals surface area (Å²) in [5.41, 5.74) is 3.23. The third-order valence-corrected chi connectivity index (χ3v) is 5.88. The topological polar surface area (TPSA) is 77.7 Å². The number of aryl methyl sites for hydroxylation is 1. The molecular formula is C23H23N3O4. The fraction of sp³-hybridized carbons (Fsp3) is 0.348. The molecule has 30 heavy (non-hydrogen) atoms. The molecule has 0 atom stereocenters. The molecule has 0 saturated carbocycles. The lowest BCUT2D eigenvalue weighted by atomic mass is 9.89. The zero-order valence-electron chi connectivity index (χ0n) is 16.8. The second-order valence-corrected chi connectivity index (χ2v) is 7.84. The molecule has 154 valence electrons. The molecule has 0 unspecified atom stereocenters. The number of carbonyl (C=O) groups is 1. The van der Waals surface area contributed by atoms with Crippen LogP contribution in [0.15, 0.2) is 47.2 Å². The lowest BCUT2D eigenvalue weighted by molar-refractivity contribution is 0.0690. The summed E-state index contributed by atoms with van der Waals surface area (Å²) in [6, 6.07) is 9.81. The molecule has 1 fully saturated rings. The maximum atomic E-state index is 13.2. The number of rotatable bonds is 4. The van der Waals surface area contributed by atoms with Crippen LogP contribution in [0, 0.1) is 12.8 Å². The first-order valence-corrected chi connectivity index (χ1v) is 10.2. The average molecular weight is 405 g/mol. The van der Waals surface area contributed by atoms with E-state index in [1.54, 1.807) is 12.4 Å². The quantitative estimate of drug-likeness (QED) is 0.656. The highest BCUT2D eigenvalue weighted by Crippen LogP contribution is 2.34. The number of nitrogens with zero attached hydrogens (tertiary/aromatic N) is 3. The fourth-order valence-electron chi connectivity index (χ4n) is 4.22. The Kier molecular flexibility index (Phi) is 4.86. The summed E-state index contributed by atoms with van der Waals surface area (Å²) < 4.78 is 16.4. The Hall–Kier alpha value is -3.35. The summed E-state index contributed by atoms with van der Waals surface area (Å²) in [5, 5.41) is 4.04. The summed E-state index contributed by atoms with van der Waals surface area (Å²) in [5.74, 6) is 2.68. The molecule has 5 rings (SSSR count). The average Bonchev–Trinajstić information content (AvgIpc) is 3.40. The Bertz CT molecular complexity index is 1060. The van der Waals surface area contributed by atoms with Crippen molar-refractivity contribution >= 4 is 5.91 Å². The van der Waals surface area contributed by atoms with Gasteiger partial charge in [0.15, 0.2) is 17.3 Å². The zero-order chi connectivity index (χ0) is 20.5. The number of benzene rings is 1. The normalized spacial score (nSPS) is 16.1. The first kappa shape index (κ1) is 18.7. The molecule has 4 heterocycles. The molecular weight excluding hydrogens is 382 g/mol. The highest BCUT2D eigenvalue weighted by molar-refractivity contribution is 6.00. The number of ether oxygens (including phenoxy) is 2. The maximum Gasteiger partial charge on any atom is 0.259 e. The van der Waals surface area contributed by atoms with Crippen LogP contribution in [0.3, 0.4) is 0 Å². The molecule has 0 N–H and O–H groups in total. The second-order valence-electron chi connectivity index (χ2n) is 7.84. The lowest BCUT2D eigenvalue weighted by Crippen LogP contribution is -2.39. The highest BCUT2D eigenvalue weighted by Gasteiger charge is 2.29. The van der Waals surface area contributed by atoms with Gasteiger partial charge in [-0.05, 0) is 61.9 Å². The minimum absolute atomic E-state index is 0.0120. The van der Waals surface area contributed by atoms with Crippen molar-refractivity contribution in [3.8, 4) is 22.8 Å². The van der Waals surface area contributed by atoms with Gasteiger partial charge < -0.3 is 18.9 Å². The summed E-state index contributed by atoms with van der Waals surface area (Å²) in [4.78, 5) is 19.2. The van der Waals surface area contributed by atoms with Crippen LogP contribution in [0.25, 0.3) is 11.3 Å². The Labute approximate surface area is 174 Å². The van der Waals surface area contributed by atoms with Gasteiger partial charge in [-0.3, -0.25) is 9.78 Å². The fourth-order valence-corrected chi connectivity index (χ4v) is 4.22. The van der Waals surface area contributed by atoms with E-state index in [0.717, 1.165) is 49.4 Å². The van der Waals surface area contributed by atoms with E-state index < -0.39 is 0 Å². The van der Waals surface area contributed by atoms with Crippen molar-refractivity contribution in [1.29, 1.82) is 0 Å². The van der Waals surface area contributed by atoms with Crippen LogP contribution in [-0.4, -0.2) is 40.8 Å². The molecule has 1 saturated heterocycles. The van der Waals surface area contributed by atoms with Crippen LogP contribution in [0.1, 0.15) is 34.5 Å². The van der Waals surface area contributed by atoms with Crippen LogP contribution < -0.4 is 9.47 Å². The van der Waals surface area contributed by atoms with E-state index >= 15 is 0 Å². The SMILES string of the molecule is Cc1noc(-c2ccncc2)c1C(=O)N1CCC(Cc2ccc3c(c2)OCO3)CC1. The molecule has 1 amide bonds. The van der Waals surface area contributed by atoms with Gasteiger partial charge in [0.1, 0.15) is 5.56 Å². The molecule has 2 aliphatic rings. The van der Waals surface area contributed by atoms with Crippen LogP contribution in [0.5, 0.6) is 11.5 Å². The van der Waals surface area contributed by atoms with Crippen LogP contribution in [-0.2, 0) is 6.42 Å². The number of pyridine rings is 1. The van der Waals surface area contributed by atoms with Crippen molar-refractivity contribution in [2.24, 2.45) is 5.92 Å². The highest BCUT2D eigenvalue weighted by atomic mass is 16.7. The minimum Gasteiger partial charge on any atom is -0.454 e. The van der Waals surface area contributed by atoms with Crippen molar-refractivity contribution in [2.45, 2.75) is 26.2 Å². The van der Waals surface area contributed by atoms with Gasteiger partial charge in [0.05, 0.1) is 5.69 Å². The van der Waals surface area contributed by atoms with Crippen molar-refractivity contribution in [2.75, 3.05) is 19.9 Å². The third kappa shape index (κ3) is 3.51. The molecule has 0 radical (unpaired) electrons. The number of likely N-dealkylation sites (tertiary alicyclic amines) is 1. The molecule has 3 aromatic rings. The number of aromatic nitrogens is 2. The van der Waals surface area contributed by atoms with Gasteiger partial charge in [0.25, 0.3) is 5.91 Å². The number of hydrogen-bond acceptors (Lipinski definition) is 6. The van der Waals surface area contributed by atoms with Gasteiger partial charge >= 0.3 is 0 Å². The smallest absolute Gasteiger partial charge is 0.259 e. The first-order chi connectivity index (χ1) is 14.7. The van der Waals surface area contributed by atoms with Crippen molar-refractivity contribution < 1.29 is 18.8 Å². The van der Waals surface area contributed by atoms with E-state index in [9.17, 15) is 4.79 Å². The molecule has 0 aliphatic carbocycles. The van der Waals surface area contributed by atoms with Crippen molar-refractivity contribution in [3.63, 3.8) is 0 Å². The van der Waals surface area contributed by atoms with E-state index in [1.165, 1.54) is 5.56 Å². The zero-order valence-corrected chi connectivity index (χ0v) is 16.8. The van der Waals surface area contributed by atoms with Crippen LogP contribution in [0.2, 0.25) is 0 Å². The number of fused-ring (bicyclic) bond motifs is 1. The number of piperidine rings is 1. The van der Waals surface area contributed by atoms with Crippen molar-refractivity contribution in [1.82, 2.24) is 15.0 Å². The molecule has 2 aliphatic heterocycles. The third-order valence-electron chi connectivity index (χ3n) is 5.88. The molecule has 2 aromatic heterocycles. The van der Waals surface area contributed by atoms with E-state index in [1.807, 2.05) is 30.0 Å². The monoisotopic (exact) mass is 405 g/mol. The van der Waals surface area contributed by atoms with Gasteiger partial charge in [-0.25, -0.2) is 0 Å².